The number of hydrogen-bond acceptors (Lipinski definition) is 8. The third-order valence-corrected chi connectivity index (χ3v) is 7.26. The second kappa shape index (κ2) is 7.29. The van der Waals surface area contributed by atoms with Crippen molar-refractivity contribution < 1.29 is 39.5 Å². The van der Waals surface area contributed by atoms with Gasteiger partial charge in [0.2, 0.25) is 5.78 Å². The molecule has 3 unspecified atom stereocenters. The van der Waals surface area contributed by atoms with E-state index in [1.165, 1.54) is 6.07 Å². The molecular formula is C24H23NO8. The van der Waals surface area contributed by atoms with E-state index < -0.39 is 52.0 Å². The lowest BCUT2D eigenvalue weighted by atomic mass is 9.59. The lowest BCUT2D eigenvalue weighted by molar-refractivity contribution is -0.147. The Labute approximate surface area is 188 Å². The highest BCUT2D eigenvalue weighted by Gasteiger charge is 2.60. The maximum atomic E-state index is 13.5. The summed E-state index contributed by atoms with van der Waals surface area (Å²) in [5, 5.41) is 43.5. The minimum absolute atomic E-state index is 0.104. The molecule has 9 nitrogen and oxygen atoms in total. The van der Waals surface area contributed by atoms with Gasteiger partial charge in [-0.3, -0.25) is 14.4 Å². The van der Waals surface area contributed by atoms with E-state index in [9.17, 15) is 34.8 Å². The van der Waals surface area contributed by atoms with Crippen LogP contribution in [0, 0.1) is 11.8 Å². The molecule has 0 bridgehead atoms. The lowest BCUT2D eigenvalue weighted by Gasteiger charge is -2.46. The topological polar surface area (TPSA) is 167 Å². The molecule has 172 valence electrons. The van der Waals surface area contributed by atoms with Gasteiger partial charge in [0.15, 0.2) is 11.4 Å². The van der Waals surface area contributed by atoms with Gasteiger partial charge in [-0.05, 0) is 47.9 Å². The van der Waals surface area contributed by atoms with Crippen molar-refractivity contribution in [1.29, 1.82) is 0 Å². The molecule has 1 fully saturated rings. The van der Waals surface area contributed by atoms with Crippen LogP contribution in [0.25, 0.3) is 11.3 Å². The smallest absolute Gasteiger partial charge is 0.255 e. The Balaban J connectivity index is 1.69. The second-order valence-electron chi connectivity index (χ2n) is 8.95. The summed E-state index contributed by atoms with van der Waals surface area (Å²) in [6.07, 6.45) is 2.66. The van der Waals surface area contributed by atoms with Gasteiger partial charge in [0.25, 0.3) is 5.91 Å². The highest BCUT2D eigenvalue weighted by atomic mass is 16.5. The van der Waals surface area contributed by atoms with Gasteiger partial charge in [-0.15, -0.1) is 0 Å². The number of carbonyl (C=O) groups excluding carboxylic acids is 3. The van der Waals surface area contributed by atoms with E-state index in [0.29, 0.717) is 25.2 Å². The van der Waals surface area contributed by atoms with Crippen LogP contribution in [0.15, 0.2) is 35.1 Å². The first-order chi connectivity index (χ1) is 15.7. The number of nitrogens with two attached hydrogens (primary N) is 1. The molecule has 1 aromatic rings. The number of amides is 1. The van der Waals surface area contributed by atoms with Gasteiger partial charge in [-0.2, -0.15) is 0 Å². The van der Waals surface area contributed by atoms with Crippen LogP contribution >= 0.6 is 0 Å². The summed E-state index contributed by atoms with van der Waals surface area (Å²) in [6.45, 7) is 0.993. The van der Waals surface area contributed by atoms with Crippen molar-refractivity contribution in [2.75, 3.05) is 13.2 Å². The van der Waals surface area contributed by atoms with Gasteiger partial charge in [-0.25, -0.2) is 0 Å². The van der Waals surface area contributed by atoms with Crippen LogP contribution in [-0.2, 0) is 25.5 Å². The molecule has 1 heterocycles. The van der Waals surface area contributed by atoms with Gasteiger partial charge in [0.05, 0.1) is 18.8 Å². The number of carbonyl (C=O) groups is 3. The fourth-order valence-electron chi connectivity index (χ4n) is 5.69. The Kier molecular flexibility index (Phi) is 4.73. The minimum atomic E-state index is -2.55. The Morgan fingerprint density at radius 3 is 2.58 bits per heavy atom. The highest BCUT2D eigenvalue weighted by molar-refractivity contribution is 6.22. The van der Waals surface area contributed by atoms with Crippen LogP contribution in [0.2, 0.25) is 0 Å². The van der Waals surface area contributed by atoms with E-state index in [0.717, 1.165) is 11.1 Å². The summed E-state index contributed by atoms with van der Waals surface area (Å²) < 4.78 is 5.38. The van der Waals surface area contributed by atoms with Gasteiger partial charge in [-0.1, -0.05) is 12.1 Å². The quantitative estimate of drug-likeness (QED) is 0.417. The van der Waals surface area contributed by atoms with Crippen molar-refractivity contribution in [3.63, 3.8) is 0 Å². The van der Waals surface area contributed by atoms with Crippen LogP contribution in [0.5, 0.6) is 5.75 Å². The molecule has 0 saturated heterocycles. The maximum Gasteiger partial charge on any atom is 0.255 e. The van der Waals surface area contributed by atoms with Crippen LogP contribution in [0.3, 0.4) is 0 Å². The third-order valence-electron chi connectivity index (χ3n) is 7.26. The fraction of sp³-hybridized carbons (Fsp3) is 0.375. The van der Waals surface area contributed by atoms with Crippen molar-refractivity contribution in [2.45, 2.75) is 31.3 Å². The summed E-state index contributed by atoms with van der Waals surface area (Å²) in [4.78, 5) is 37.6. The highest BCUT2D eigenvalue weighted by Crippen LogP contribution is 2.52. The third kappa shape index (κ3) is 2.89. The number of aliphatic hydroxyl groups is 3. The number of Topliss-reactive ketones (excluding diaryl/α,β-unsaturated/α-hetero) is 2. The van der Waals surface area contributed by atoms with E-state index in [2.05, 4.69) is 0 Å². The van der Waals surface area contributed by atoms with Crippen molar-refractivity contribution in [2.24, 2.45) is 17.6 Å². The molecule has 33 heavy (non-hydrogen) atoms. The maximum absolute atomic E-state index is 13.5. The summed E-state index contributed by atoms with van der Waals surface area (Å²) in [5.74, 6) is -6.26. The first kappa shape index (κ1) is 21.4. The summed E-state index contributed by atoms with van der Waals surface area (Å²) in [5.41, 5.74) is 4.33. The second-order valence-corrected chi connectivity index (χ2v) is 8.95. The Morgan fingerprint density at radius 1 is 1.15 bits per heavy atom. The van der Waals surface area contributed by atoms with Crippen LogP contribution < -0.4 is 5.73 Å². The summed E-state index contributed by atoms with van der Waals surface area (Å²) in [7, 11) is 0. The average molecular weight is 453 g/mol. The minimum Gasteiger partial charge on any atom is -0.508 e. The van der Waals surface area contributed by atoms with Crippen molar-refractivity contribution in [3.05, 3.63) is 51.8 Å². The number of phenols is 1. The number of aliphatic hydroxyl groups excluding tert-OH is 2. The fourth-order valence-corrected chi connectivity index (χ4v) is 5.69. The number of phenolic OH excluding ortho intramolecular Hbond substituents is 1. The standard InChI is InChI=1S/C24H23NO8/c25-23(31)19-16(27)9-12-7-11-8-14-13(10-3-5-33-6-4-10)1-2-15(26)18(14)20(28)17(11)21(29)24(12,32)22(19)30/h1-3,11-12,26,28,30,32H,4-9H2,(H2,25,31). The number of hydrogen-bond donors (Lipinski definition) is 5. The first-order valence-electron chi connectivity index (χ1n) is 10.8. The zero-order chi connectivity index (χ0) is 23.7. The molecule has 3 aliphatic carbocycles. The van der Waals surface area contributed by atoms with Gasteiger partial charge >= 0.3 is 0 Å². The van der Waals surface area contributed by atoms with Gasteiger partial charge < -0.3 is 30.9 Å². The summed E-state index contributed by atoms with van der Waals surface area (Å²) in [6, 6.07) is 3.21. The van der Waals surface area contributed by atoms with E-state index in [1.807, 2.05) is 6.08 Å². The zero-order valence-corrected chi connectivity index (χ0v) is 17.6. The Hall–Kier alpha value is -3.43. The van der Waals surface area contributed by atoms with Gasteiger partial charge in [0.1, 0.15) is 22.8 Å². The Bertz CT molecular complexity index is 1220. The lowest BCUT2D eigenvalue weighted by Crippen LogP contribution is -2.58. The largest absolute Gasteiger partial charge is 0.508 e. The van der Waals surface area contributed by atoms with E-state index >= 15 is 0 Å². The SMILES string of the molecule is NC(=O)C1=C(O)C2(O)C(=O)C3=C(O)c4c(O)ccc(C5=CCOCC5)c4CC3CC2CC1=O. The molecule has 1 amide bonds. The molecule has 6 N–H and O–H groups in total. The number of ketones is 2. The van der Waals surface area contributed by atoms with E-state index in [4.69, 9.17) is 10.5 Å². The molecule has 9 heteroatoms. The molecule has 0 aromatic heterocycles. The number of aromatic hydroxyl groups is 1. The average Bonchev–Trinajstić information content (AvgIpc) is 2.76. The predicted octanol–water partition coefficient (Wildman–Crippen LogP) is 1.23. The number of benzene rings is 1. The van der Waals surface area contributed by atoms with Gasteiger partial charge in [0, 0.05) is 17.9 Å². The molecule has 1 saturated carbocycles. The number of primary amides is 1. The first-order valence-corrected chi connectivity index (χ1v) is 10.8. The molecule has 4 aliphatic rings. The van der Waals surface area contributed by atoms with Crippen LogP contribution in [0.1, 0.15) is 36.0 Å². The van der Waals surface area contributed by atoms with E-state index in [1.54, 1.807) is 6.07 Å². The molecule has 1 aromatic carbocycles. The predicted molar refractivity (Wildman–Crippen MR) is 115 cm³/mol. The number of ether oxygens (including phenoxy) is 1. The molecule has 0 spiro atoms. The van der Waals surface area contributed by atoms with Crippen molar-refractivity contribution in [3.8, 4) is 5.75 Å². The van der Waals surface area contributed by atoms with Crippen molar-refractivity contribution in [1.82, 2.24) is 0 Å². The summed E-state index contributed by atoms with van der Waals surface area (Å²) >= 11 is 0. The molecular weight excluding hydrogens is 430 g/mol. The van der Waals surface area contributed by atoms with Crippen LogP contribution in [-0.4, -0.2) is 56.7 Å². The van der Waals surface area contributed by atoms with Crippen molar-refractivity contribution >= 4 is 28.8 Å². The Morgan fingerprint density at radius 2 is 1.91 bits per heavy atom. The number of fused-ring (bicyclic) bond motifs is 3. The normalized spacial score (nSPS) is 29.3. The molecule has 1 aliphatic heterocycles. The molecule has 5 rings (SSSR count). The van der Waals surface area contributed by atoms with E-state index in [-0.39, 0.29) is 36.1 Å². The zero-order valence-electron chi connectivity index (χ0n) is 17.6. The number of rotatable bonds is 2. The monoisotopic (exact) mass is 453 g/mol. The van der Waals surface area contributed by atoms with Crippen LogP contribution in [0.4, 0.5) is 0 Å². The molecule has 3 atom stereocenters. The molecule has 0 radical (unpaired) electrons.